The predicted octanol–water partition coefficient (Wildman–Crippen LogP) is 3.95. The molecule has 114 valence electrons. The number of hydrogen-bond acceptors (Lipinski definition) is 4. The molecule has 1 aliphatic rings. The number of nitrogens with zero attached hydrogens (tertiary/aromatic N) is 2. The first-order valence-electron chi connectivity index (χ1n) is 7.42. The van der Waals surface area contributed by atoms with Crippen molar-refractivity contribution in [2.45, 2.75) is 39.7 Å². The molecular formula is C15H19ClN2O2S. The van der Waals surface area contributed by atoms with Crippen LogP contribution in [0.5, 0.6) is 6.01 Å². The number of hydrogen-bond donors (Lipinski definition) is 0. The lowest BCUT2D eigenvalue weighted by Crippen LogP contribution is -2.23. The molecule has 0 aromatic carbocycles. The SMILES string of the molecule is CCCCn1c(OCC2CC2C)nc2sc(Cl)cc2c1=O. The maximum atomic E-state index is 12.6. The number of ether oxygens (including phenoxy) is 1. The van der Waals surface area contributed by atoms with Crippen LogP contribution in [-0.4, -0.2) is 16.2 Å². The molecule has 1 aliphatic carbocycles. The lowest BCUT2D eigenvalue weighted by Gasteiger charge is -2.12. The van der Waals surface area contributed by atoms with Gasteiger partial charge in [-0.3, -0.25) is 9.36 Å². The number of rotatable bonds is 6. The molecule has 0 amide bonds. The fourth-order valence-corrected chi connectivity index (χ4v) is 3.47. The van der Waals surface area contributed by atoms with Gasteiger partial charge in [0.15, 0.2) is 0 Å². The van der Waals surface area contributed by atoms with Crippen molar-refractivity contribution in [1.29, 1.82) is 0 Å². The molecule has 2 aromatic rings. The predicted molar refractivity (Wildman–Crippen MR) is 86.6 cm³/mol. The second-order valence-electron chi connectivity index (χ2n) is 5.76. The third kappa shape index (κ3) is 3.09. The monoisotopic (exact) mass is 326 g/mol. The van der Waals surface area contributed by atoms with Crippen molar-refractivity contribution in [3.8, 4) is 6.01 Å². The average Bonchev–Trinajstić information content (AvgIpc) is 3.02. The minimum Gasteiger partial charge on any atom is -0.464 e. The average molecular weight is 327 g/mol. The lowest BCUT2D eigenvalue weighted by atomic mass is 10.3. The molecule has 1 fully saturated rings. The molecule has 0 saturated heterocycles. The van der Waals surface area contributed by atoms with E-state index < -0.39 is 0 Å². The van der Waals surface area contributed by atoms with E-state index in [9.17, 15) is 4.79 Å². The molecule has 0 spiro atoms. The van der Waals surface area contributed by atoms with Crippen molar-refractivity contribution in [2.75, 3.05) is 6.61 Å². The molecule has 3 rings (SSSR count). The number of aromatic nitrogens is 2. The van der Waals surface area contributed by atoms with Crippen LogP contribution in [0.2, 0.25) is 4.34 Å². The zero-order valence-corrected chi connectivity index (χ0v) is 13.8. The molecule has 2 unspecified atom stereocenters. The normalized spacial score (nSPS) is 20.9. The maximum absolute atomic E-state index is 12.6. The van der Waals surface area contributed by atoms with Crippen LogP contribution in [0.3, 0.4) is 0 Å². The van der Waals surface area contributed by atoms with Crippen molar-refractivity contribution in [3.05, 3.63) is 20.8 Å². The van der Waals surface area contributed by atoms with E-state index >= 15 is 0 Å². The fraction of sp³-hybridized carbons (Fsp3) is 0.600. The molecule has 2 aromatic heterocycles. The Balaban J connectivity index is 1.95. The molecule has 2 atom stereocenters. The fourth-order valence-electron chi connectivity index (χ4n) is 2.40. The highest BCUT2D eigenvalue weighted by Gasteiger charge is 2.33. The molecule has 2 heterocycles. The Morgan fingerprint density at radius 3 is 3.00 bits per heavy atom. The van der Waals surface area contributed by atoms with E-state index in [1.54, 1.807) is 10.6 Å². The van der Waals surface area contributed by atoms with Crippen molar-refractivity contribution in [2.24, 2.45) is 11.8 Å². The molecule has 0 aliphatic heterocycles. The van der Waals surface area contributed by atoms with Crippen molar-refractivity contribution < 1.29 is 4.74 Å². The maximum Gasteiger partial charge on any atom is 0.300 e. The summed E-state index contributed by atoms with van der Waals surface area (Å²) in [7, 11) is 0. The van der Waals surface area contributed by atoms with Crippen LogP contribution >= 0.6 is 22.9 Å². The van der Waals surface area contributed by atoms with E-state index in [0.717, 1.165) is 18.8 Å². The summed E-state index contributed by atoms with van der Waals surface area (Å²) < 4.78 is 8.08. The highest BCUT2D eigenvalue weighted by Crippen LogP contribution is 2.37. The molecular weight excluding hydrogens is 308 g/mol. The van der Waals surface area contributed by atoms with Gasteiger partial charge in [-0.1, -0.05) is 31.9 Å². The summed E-state index contributed by atoms with van der Waals surface area (Å²) in [5.74, 6) is 1.32. The van der Waals surface area contributed by atoms with Crippen LogP contribution in [0.15, 0.2) is 10.9 Å². The van der Waals surface area contributed by atoms with E-state index in [0.29, 0.717) is 39.6 Å². The van der Waals surface area contributed by atoms with Crippen LogP contribution in [0.25, 0.3) is 10.2 Å². The van der Waals surface area contributed by atoms with Gasteiger partial charge in [0.1, 0.15) is 4.83 Å². The van der Waals surface area contributed by atoms with Crippen LogP contribution in [0.4, 0.5) is 0 Å². The van der Waals surface area contributed by atoms with Crippen LogP contribution in [-0.2, 0) is 6.54 Å². The number of halogens is 1. The van der Waals surface area contributed by atoms with E-state index in [1.807, 2.05) is 0 Å². The van der Waals surface area contributed by atoms with Crippen LogP contribution in [0, 0.1) is 11.8 Å². The van der Waals surface area contributed by atoms with E-state index in [-0.39, 0.29) is 5.56 Å². The van der Waals surface area contributed by atoms with Gasteiger partial charge >= 0.3 is 6.01 Å². The smallest absolute Gasteiger partial charge is 0.300 e. The molecule has 6 heteroatoms. The van der Waals surface area contributed by atoms with Gasteiger partial charge in [0.25, 0.3) is 5.56 Å². The van der Waals surface area contributed by atoms with E-state index in [2.05, 4.69) is 18.8 Å². The first-order chi connectivity index (χ1) is 10.1. The van der Waals surface area contributed by atoms with Crippen molar-refractivity contribution in [3.63, 3.8) is 0 Å². The summed E-state index contributed by atoms with van der Waals surface area (Å²) in [4.78, 5) is 17.8. The summed E-state index contributed by atoms with van der Waals surface area (Å²) in [6, 6.07) is 2.14. The summed E-state index contributed by atoms with van der Waals surface area (Å²) in [6.07, 6.45) is 3.15. The topological polar surface area (TPSA) is 44.1 Å². The first kappa shape index (κ1) is 14.9. The number of thiophene rings is 1. The summed E-state index contributed by atoms with van der Waals surface area (Å²) in [6.45, 7) is 5.60. The summed E-state index contributed by atoms with van der Waals surface area (Å²) >= 11 is 7.33. The van der Waals surface area contributed by atoms with E-state index in [1.165, 1.54) is 17.8 Å². The highest BCUT2D eigenvalue weighted by molar-refractivity contribution is 7.22. The van der Waals surface area contributed by atoms with Gasteiger partial charge in [-0.05, 0) is 30.7 Å². The number of unbranched alkanes of at least 4 members (excludes halogenated alkanes) is 1. The van der Waals surface area contributed by atoms with Gasteiger partial charge in [-0.15, -0.1) is 11.3 Å². The lowest BCUT2D eigenvalue weighted by molar-refractivity contribution is 0.253. The van der Waals surface area contributed by atoms with Gasteiger partial charge in [-0.2, -0.15) is 4.98 Å². The molecule has 1 saturated carbocycles. The third-order valence-electron chi connectivity index (χ3n) is 4.02. The Hall–Kier alpha value is -1.07. The molecule has 0 bridgehead atoms. The van der Waals surface area contributed by atoms with Crippen molar-refractivity contribution in [1.82, 2.24) is 9.55 Å². The van der Waals surface area contributed by atoms with Gasteiger partial charge in [0, 0.05) is 6.54 Å². The van der Waals surface area contributed by atoms with Gasteiger partial charge in [-0.25, -0.2) is 0 Å². The Bertz CT molecular complexity index is 709. The summed E-state index contributed by atoms with van der Waals surface area (Å²) in [5, 5.41) is 0.591. The second kappa shape index (κ2) is 5.97. The molecule has 4 nitrogen and oxygen atoms in total. The summed E-state index contributed by atoms with van der Waals surface area (Å²) in [5.41, 5.74) is -0.0459. The van der Waals surface area contributed by atoms with Crippen LogP contribution in [0.1, 0.15) is 33.1 Å². The minimum absolute atomic E-state index is 0.0459. The molecule has 0 N–H and O–H groups in total. The van der Waals surface area contributed by atoms with E-state index in [4.69, 9.17) is 16.3 Å². The van der Waals surface area contributed by atoms with Crippen molar-refractivity contribution >= 4 is 33.2 Å². The Morgan fingerprint density at radius 1 is 1.57 bits per heavy atom. The van der Waals surface area contributed by atoms with Gasteiger partial charge in [0.05, 0.1) is 16.3 Å². The standard InChI is InChI=1S/C15H19ClN2O2S/c1-3-4-5-18-14(19)11-7-12(16)21-13(11)17-15(18)20-8-10-6-9(10)2/h7,9-10H,3-6,8H2,1-2H3. The second-order valence-corrected chi connectivity index (χ2v) is 7.42. The Morgan fingerprint density at radius 2 is 2.33 bits per heavy atom. The third-order valence-corrected chi connectivity index (χ3v) is 5.18. The Labute approximate surface area is 132 Å². The first-order valence-corrected chi connectivity index (χ1v) is 8.62. The van der Waals surface area contributed by atoms with Gasteiger partial charge in [0.2, 0.25) is 0 Å². The number of fused-ring (bicyclic) bond motifs is 1. The van der Waals surface area contributed by atoms with Gasteiger partial charge < -0.3 is 4.74 Å². The largest absolute Gasteiger partial charge is 0.464 e. The quantitative estimate of drug-likeness (QED) is 0.807. The molecule has 0 radical (unpaired) electrons. The molecule has 21 heavy (non-hydrogen) atoms. The highest BCUT2D eigenvalue weighted by atomic mass is 35.5. The zero-order chi connectivity index (χ0) is 15.0. The Kier molecular flexibility index (Phi) is 4.22. The van der Waals surface area contributed by atoms with Crippen LogP contribution < -0.4 is 10.3 Å². The minimum atomic E-state index is -0.0459. The zero-order valence-electron chi connectivity index (χ0n) is 12.3.